The highest BCUT2D eigenvalue weighted by atomic mass is 35.5. The minimum absolute atomic E-state index is 0. The summed E-state index contributed by atoms with van der Waals surface area (Å²) in [7, 11) is 2.16. The lowest BCUT2D eigenvalue weighted by molar-refractivity contribution is -0.200. The van der Waals surface area contributed by atoms with Gasteiger partial charge in [-0.05, 0) is 43.0 Å². The Hall–Kier alpha value is -2.47. The van der Waals surface area contributed by atoms with Crippen LogP contribution >= 0.6 is 12.4 Å². The normalized spacial score (nSPS) is 30.3. The van der Waals surface area contributed by atoms with E-state index >= 15 is 0 Å². The zero-order chi connectivity index (χ0) is 22.5. The molecule has 2 aliphatic carbocycles. The number of aryl methyl sites for hydroxylation is 1. The van der Waals surface area contributed by atoms with Crippen molar-refractivity contribution in [2.45, 2.75) is 49.3 Å². The summed E-state index contributed by atoms with van der Waals surface area (Å²) in [6, 6.07) is 12.8. The summed E-state index contributed by atoms with van der Waals surface area (Å²) in [6.07, 6.45) is 4.52. The number of aromatic hydroxyl groups is 1. The topological polar surface area (TPSA) is 46.9 Å². The molecule has 1 aromatic heterocycles. The van der Waals surface area contributed by atoms with Crippen molar-refractivity contribution in [2.75, 3.05) is 19.7 Å². The van der Waals surface area contributed by atoms with Crippen molar-refractivity contribution in [2.24, 2.45) is 7.05 Å². The minimum atomic E-state index is -0.420. The average molecular weight is 479 g/mol. The van der Waals surface area contributed by atoms with E-state index in [4.69, 9.17) is 9.47 Å². The summed E-state index contributed by atoms with van der Waals surface area (Å²) in [5, 5.41) is 12.2. The fourth-order valence-corrected chi connectivity index (χ4v) is 7.97. The van der Waals surface area contributed by atoms with E-state index in [1.165, 1.54) is 33.3 Å². The van der Waals surface area contributed by atoms with E-state index in [1.807, 2.05) is 12.1 Å². The molecule has 7 rings (SSSR count). The number of likely N-dealkylation sites (tertiary alicyclic amines) is 1. The smallest absolute Gasteiger partial charge is 0.166 e. The Morgan fingerprint density at radius 2 is 2.09 bits per heavy atom. The first-order chi connectivity index (χ1) is 16.1. The highest BCUT2D eigenvalue weighted by molar-refractivity contribution is 5.87. The summed E-state index contributed by atoms with van der Waals surface area (Å²) in [5.74, 6) is 0.922. The Bertz CT molecular complexity index is 1330. The van der Waals surface area contributed by atoms with Crippen LogP contribution in [-0.4, -0.2) is 45.9 Å². The van der Waals surface area contributed by atoms with Crippen LogP contribution in [0.25, 0.3) is 10.9 Å². The highest BCUT2D eigenvalue weighted by Gasteiger charge is 2.74. The Labute approximate surface area is 206 Å². The molecule has 3 aromatic rings. The molecule has 4 aliphatic rings. The number of benzene rings is 2. The largest absolute Gasteiger partial charge is 0.504 e. The van der Waals surface area contributed by atoms with E-state index in [0.29, 0.717) is 12.4 Å². The fourth-order valence-electron chi connectivity index (χ4n) is 7.97. The van der Waals surface area contributed by atoms with Gasteiger partial charge in [-0.15, -0.1) is 19.0 Å². The maximum atomic E-state index is 10.9. The van der Waals surface area contributed by atoms with E-state index in [1.54, 1.807) is 0 Å². The van der Waals surface area contributed by atoms with Crippen LogP contribution in [0.15, 0.2) is 49.1 Å². The minimum Gasteiger partial charge on any atom is -0.504 e. The van der Waals surface area contributed by atoms with E-state index in [-0.39, 0.29) is 35.7 Å². The SMILES string of the molecule is C=CCN1CC[C@]23c4c5ccc(O)c4O[C@H]2c2c(c4ccccc4n2C)C[C@@]3(OCC)[C@@H]1C5.Cl. The van der Waals surface area contributed by atoms with Gasteiger partial charge in [-0.1, -0.05) is 30.3 Å². The van der Waals surface area contributed by atoms with Crippen molar-refractivity contribution < 1.29 is 14.6 Å². The lowest BCUT2D eigenvalue weighted by Crippen LogP contribution is -2.75. The molecular weight excluding hydrogens is 448 g/mol. The molecule has 0 radical (unpaired) electrons. The van der Waals surface area contributed by atoms with Crippen molar-refractivity contribution in [3.05, 3.63) is 71.4 Å². The number of halogens is 1. The molecule has 34 heavy (non-hydrogen) atoms. The first-order valence-electron chi connectivity index (χ1n) is 12.1. The molecule has 2 bridgehead atoms. The van der Waals surface area contributed by atoms with Crippen molar-refractivity contribution in [1.29, 1.82) is 0 Å². The van der Waals surface area contributed by atoms with Crippen molar-refractivity contribution in [3.63, 3.8) is 0 Å². The maximum Gasteiger partial charge on any atom is 0.166 e. The van der Waals surface area contributed by atoms with Gasteiger partial charge in [-0.2, -0.15) is 0 Å². The summed E-state index contributed by atoms with van der Waals surface area (Å²) in [5.41, 5.74) is 5.56. The third kappa shape index (κ3) is 2.29. The number of phenols is 1. The van der Waals surface area contributed by atoms with Crippen molar-refractivity contribution >= 4 is 23.3 Å². The Kier molecular flexibility index (Phi) is 4.71. The van der Waals surface area contributed by atoms with Gasteiger partial charge in [0.15, 0.2) is 17.6 Å². The van der Waals surface area contributed by atoms with Gasteiger partial charge in [0.25, 0.3) is 0 Å². The van der Waals surface area contributed by atoms with Crippen LogP contribution in [0.1, 0.15) is 41.8 Å². The maximum absolute atomic E-state index is 10.9. The van der Waals surface area contributed by atoms with E-state index in [9.17, 15) is 5.11 Å². The van der Waals surface area contributed by atoms with Crippen LogP contribution in [0, 0.1) is 0 Å². The molecule has 2 aliphatic heterocycles. The Morgan fingerprint density at radius 1 is 1.26 bits per heavy atom. The molecule has 0 amide bonds. The summed E-state index contributed by atoms with van der Waals surface area (Å²) >= 11 is 0. The Balaban J connectivity index is 0.00000217. The van der Waals surface area contributed by atoms with Gasteiger partial charge in [0.1, 0.15) is 5.60 Å². The lowest BCUT2D eigenvalue weighted by atomic mass is 9.48. The molecule has 1 saturated heterocycles. The van der Waals surface area contributed by atoms with E-state index in [2.05, 4.69) is 60.3 Å². The number of rotatable bonds is 4. The number of fused-ring (bicyclic) bond motifs is 4. The number of para-hydroxylation sites is 1. The second-order valence-corrected chi connectivity index (χ2v) is 10.1. The van der Waals surface area contributed by atoms with Gasteiger partial charge in [-0.3, -0.25) is 4.90 Å². The molecule has 0 unspecified atom stereocenters. The van der Waals surface area contributed by atoms with Gasteiger partial charge in [0.2, 0.25) is 0 Å². The number of hydrogen-bond donors (Lipinski definition) is 1. The van der Waals surface area contributed by atoms with Crippen LogP contribution in [0.4, 0.5) is 0 Å². The molecule has 6 heteroatoms. The lowest BCUT2D eigenvalue weighted by Gasteiger charge is -2.64. The standard InChI is InChI=1S/C28H30N2O3.ClH/c1-4-13-30-14-12-27-23-17-10-11-21(31)25(23)33-26(27)24-19(16-28(27,32-5-2)22(30)15-17)18-8-6-7-9-20(18)29(24)3;/h4,6-11,22,26,31H,1,5,12-16H2,2-3H3;1H/t22-,26-,27-,28+;/m0./s1. The fraction of sp³-hybridized carbons (Fsp3) is 0.429. The summed E-state index contributed by atoms with van der Waals surface area (Å²) in [6.45, 7) is 8.63. The number of aromatic nitrogens is 1. The molecule has 1 N–H and O–H groups in total. The number of nitrogens with zero attached hydrogens (tertiary/aromatic N) is 2. The van der Waals surface area contributed by atoms with Crippen LogP contribution < -0.4 is 4.74 Å². The predicted molar refractivity (Wildman–Crippen MR) is 135 cm³/mol. The molecule has 178 valence electrons. The van der Waals surface area contributed by atoms with E-state index < -0.39 is 5.60 Å². The highest BCUT2D eigenvalue weighted by Crippen LogP contribution is 2.70. The van der Waals surface area contributed by atoms with Crippen LogP contribution in [0.5, 0.6) is 11.5 Å². The quantitative estimate of drug-likeness (QED) is 0.546. The van der Waals surface area contributed by atoms with Gasteiger partial charge in [-0.25, -0.2) is 0 Å². The van der Waals surface area contributed by atoms with Crippen molar-refractivity contribution in [1.82, 2.24) is 9.47 Å². The third-order valence-electron chi connectivity index (χ3n) is 9.01. The first kappa shape index (κ1) is 22.0. The van der Waals surface area contributed by atoms with Crippen molar-refractivity contribution in [3.8, 4) is 11.5 Å². The molecule has 5 nitrogen and oxygen atoms in total. The number of ether oxygens (including phenoxy) is 2. The molecular formula is C28H31ClN2O3. The zero-order valence-electron chi connectivity index (χ0n) is 19.7. The Morgan fingerprint density at radius 3 is 2.88 bits per heavy atom. The van der Waals surface area contributed by atoms with Crippen LogP contribution in [-0.2, 0) is 30.0 Å². The number of phenolic OH excluding ortho intramolecular Hbond substituents is 1. The van der Waals surface area contributed by atoms with Crippen LogP contribution in [0.3, 0.4) is 0 Å². The third-order valence-corrected chi connectivity index (χ3v) is 9.01. The summed E-state index contributed by atoms with van der Waals surface area (Å²) in [4.78, 5) is 2.56. The molecule has 4 atom stereocenters. The monoisotopic (exact) mass is 478 g/mol. The van der Waals surface area contributed by atoms with Gasteiger partial charge in [0.05, 0.1) is 11.1 Å². The van der Waals surface area contributed by atoms with E-state index in [0.717, 1.165) is 32.4 Å². The molecule has 1 spiro atoms. The van der Waals surface area contributed by atoms with Gasteiger partial charge >= 0.3 is 0 Å². The summed E-state index contributed by atoms with van der Waals surface area (Å²) < 4.78 is 16.1. The molecule has 3 heterocycles. The second-order valence-electron chi connectivity index (χ2n) is 10.1. The van der Waals surface area contributed by atoms with Gasteiger partial charge in [0, 0.05) is 55.7 Å². The second kappa shape index (κ2) is 7.27. The number of piperidine rings is 1. The predicted octanol–water partition coefficient (Wildman–Crippen LogP) is 4.83. The zero-order valence-corrected chi connectivity index (χ0v) is 20.5. The first-order valence-corrected chi connectivity index (χ1v) is 12.1. The molecule has 2 aromatic carbocycles. The van der Waals surface area contributed by atoms with Gasteiger partial charge < -0.3 is 19.1 Å². The molecule has 0 saturated carbocycles. The average Bonchev–Trinajstić information content (AvgIpc) is 3.30. The van der Waals surface area contributed by atoms with Crippen LogP contribution in [0.2, 0.25) is 0 Å². The molecule has 1 fully saturated rings. The number of hydrogen-bond acceptors (Lipinski definition) is 4.